The van der Waals surface area contributed by atoms with Crippen molar-refractivity contribution in [3.63, 3.8) is 0 Å². The lowest BCUT2D eigenvalue weighted by molar-refractivity contribution is -0.130. The van der Waals surface area contributed by atoms with E-state index in [0.717, 1.165) is 5.56 Å². The number of nitrogens with zero attached hydrogens (tertiary/aromatic N) is 3. The predicted molar refractivity (Wildman–Crippen MR) is 85.6 cm³/mol. The van der Waals surface area contributed by atoms with Crippen LogP contribution in [0, 0.1) is 0 Å². The highest BCUT2D eigenvalue weighted by molar-refractivity contribution is 7.12. The molecule has 0 saturated carbocycles. The summed E-state index contributed by atoms with van der Waals surface area (Å²) in [5.41, 5.74) is 1.00. The fourth-order valence-corrected chi connectivity index (χ4v) is 2.68. The highest BCUT2D eigenvalue weighted by Gasteiger charge is 2.11. The van der Waals surface area contributed by atoms with Crippen LogP contribution >= 0.6 is 11.3 Å². The van der Waals surface area contributed by atoms with Crippen molar-refractivity contribution in [3.05, 3.63) is 40.3 Å². The lowest BCUT2D eigenvalue weighted by atomic mass is 10.2. The summed E-state index contributed by atoms with van der Waals surface area (Å²) in [7, 11) is 3.63. The molecular weight excluding hydrogens is 300 g/mol. The summed E-state index contributed by atoms with van der Waals surface area (Å²) in [6, 6.07) is 3.63. The fraction of sp³-hybridized carbons (Fsp3) is 0.400. The second-order valence-electron chi connectivity index (χ2n) is 5.11. The molecule has 0 unspecified atom stereocenters. The Morgan fingerprint density at radius 2 is 2.27 bits per heavy atom. The number of hydrogen-bond donors (Lipinski definition) is 1. The van der Waals surface area contributed by atoms with Gasteiger partial charge >= 0.3 is 0 Å². The molecule has 0 bridgehead atoms. The SMILES string of the molecule is CN(Cc1cnn(C)c1)C(=O)CCCNC(=O)c1cccs1. The van der Waals surface area contributed by atoms with Crippen molar-refractivity contribution in [3.8, 4) is 0 Å². The molecule has 0 radical (unpaired) electrons. The van der Waals surface area contributed by atoms with Gasteiger partial charge in [-0.25, -0.2) is 0 Å². The maximum atomic E-state index is 12.0. The van der Waals surface area contributed by atoms with Crippen LogP contribution in [0.5, 0.6) is 0 Å². The Kier molecular flexibility index (Phi) is 5.71. The van der Waals surface area contributed by atoms with Crippen molar-refractivity contribution in [1.82, 2.24) is 20.0 Å². The zero-order valence-electron chi connectivity index (χ0n) is 12.8. The van der Waals surface area contributed by atoms with Gasteiger partial charge in [0.1, 0.15) is 0 Å². The first-order chi connectivity index (χ1) is 10.6. The summed E-state index contributed by atoms with van der Waals surface area (Å²) >= 11 is 1.41. The van der Waals surface area contributed by atoms with E-state index in [-0.39, 0.29) is 11.8 Å². The monoisotopic (exact) mass is 320 g/mol. The molecule has 6 nitrogen and oxygen atoms in total. The van der Waals surface area contributed by atoms with Gasteiger partial charge in [0.15, 0.2) is 0 Å². The van der Waals surface area contributed by atoms with E-state index in [0.29, 0.717) is 30.8 Å². The smallest absolute Gasteiger partial charge is 0.261 e. The van der Waals surface area contributed by atoms with E-state index >= 15 is 0 Å². The van der Waals surface area contributed by atoms with Crippen molar-refractivity contribution in [1.29, 1.82) is 0 Å². The summed E-state index contributed by atoms with van der Waals surface area (Å²) < 4.78 is 1.72. The Labute approximate surface area is 133 Å². The first-order valence-corrected chi connectivity index (χ1v) is 7.97. The molecule has 2 rings (SSSR count). The maximum Gasteiger partial charge on any atom is 0.261 e. The standard InChI is InChI=1S/C15H20N4O2S/c1-18(10-12-9-17-19(2)11-12)14(20)6-3-7-16-15(21)13-5-4-8-22-13/h4-5,8-9,11H,3,6-7,10H2,1-2H3,(H,16,21). The second kappa shape index (κ2) is 7.74. The molecule has 0 atom stereocenters. The number of aromatic nitrogens is 2. The van der Waals surface area contributed by atoms with Crippen molar-refractivity contribution in [2.75, 3.05) is 13.6 Å². The number of amides is 2. The molecule has 7 heteroatoms. The van der Waals surface area contributed by atoms with Gasteiger partial charge in [-0.15, -0.1) is 11.3 Å². The quantitative estimate of drug-likeness (QED) is 0.789. The van der Waals surface area contributed by atoms with Gasteiger partial charge < -0.3 is 10.2 Å². The zero-order valence-corrected chi connectivity index (χ0v) is 13.6. The highest BCUT2D eigenvalue weighted by Crippen LogP contribution is 2.08. The molecule has 0 aliphatic rings. The number of thiophene rings is 1. The van der Waals surface area contributed by atoms with Gasteiger partial charge in [0, 0.05) is 45.4 Å². The van der Waals surface area contributed by atoms with Crippen LogP contribution in [-0.4, -0.2) is 40.1 Å². The van der Waals surface area contributed by atoms with E-state index in [1.54, 1.807) is 28.9 Å². The predicted octanol–water partition coefficient (Wildman–Crippen LogP) is 1.65. The minimum Gasteiger partial charge on any atom is -0.351 e. The second-order valence-corrected chi connectivity index (χ2v) is 6.06. The van der Waals surface area contributed by atoms with E-state index in [9.17, 15) is 9.59 Å². The average molecular weight is 320 g/mol. The van der Waals surface area contributed by atoms with E-state index in [1.165, 1.54) is 11.3 Å². The Morgan fingerprint density at radius 1 is 1.45 bits per heavy atom. The van der Waals surface area contributed by atoms with Crippen LogP contribution in [0.15, 0.2) is 29.9 Å². The van der Waals surface area contributed by atoms with Gasteiger partial charge in [-0.2, -0.15) is 5.10 Å². The molecule has 2 aromatic rings. The lowest BCUT2D eigenvalue weighted by Crippen LogP contribution is -2.28. The van der Waals surface area contributed by atoms with Gasteiger partial charge in [-0.1, -0.05) is 6.07 Å². The molecule has 0 spiro atoms. The molecule has 118 valence electrons. The molecule has 1 N–H and O–H groups in total. The van der Waals surface area contributed by atoms with Crippen LogP contribution in [-0.2, 0) is 18.4 Å². The van der Waals surface area contributed by atoms with Crippen molar-refractivity contribution >= 4 is 23.2 Å². The van der Waals surface area contributed by atoms with E-state index in [1.807, 2.05) is 24.7 Å². The minimum atomic E-state index is -0.0776. The Balaban J connectivity index is 1.65. The van der Waals surface area contributed by atoms with Gasteiger partial charge in [-0.05, 0) is 17.9 Å². The number of nitrogens with one attached hydrogen (secondary N) is 1. The Hall–Kier alpha value is -2.15. The van der Waals surface area contributed by atoms with Crippen LogP contribution in [0.1, 0.15) is 28.1 Å². The maximum absolute atomic E-state index is 12.0. The number of rotatable bonds is 7. The molecular formula is C15H20N4O2S. The van der Waals surface area contributed by atoms with Crippen LogP contribution in [0.25, 0.3) is 0 Å². The van der Waals surface area contributed by atoms with Crippen LogP contribution in [0.4, 0.5) is 0 Å². The van der Waals surface area contributed by atoms with Crippen molar-refractivity contribution in [2.45, 2.75) is 19.4 Å². The number of aryl methyl sites for hydroxylation is 1. The van der Waals surface area contributed by atoms with Gasteiger partial charge in [-0.3, -0.25) is 14.3 Å². The van der Waals surface area contributed by atoms with E-state index in [4.69, 9.17) is 0 Å². The topological polar surface area (TPSA) is 67.2 Å². The average Bonchev–Trinajstić information content (AvgIpc) is 3.14. The Morgan fingerprint density at radius 3 is 2.91 bits per heavy atom. The first-order valence-electron chi connectivity index (χ1n) is 7.09. The molecule has 2 amide bonds. The van der Waals surface area contributed by atoms with Crippen LogP contribution < -0.4 is 5.32 Å². The summed E-state index contributed by atoms with van der Waals surface area (Å²) in [6.45, 7) is 1.05. The zero-order chi connectivity index (χ0) is 15.9. The van der Waals surface area contributed by atoms with E-state index < -0.39 is 0 Å². The van der Waals surface area contributed by atoms with Crippen molar-refractivity contribution in [2.24, 2.45) is 7.05 Å². The van der Waals surface area contributed by atoms with Crippen molar-refractivity contribution < 1.29 is 9.59 Å². The molecule has 0 saturated heterocycles. The number of carbonyl (C=O) groups is 2. The molecule has 2 aromatic heterocycles. The van der Waals surface area contributed by atoms with Gasteiger partial charge in [0.25, 0.3) is 5.91 Å². The fourth-order valence-electron chi connectivity index (χ4n) is 2.04. The summed E-state index contributed by atoms with van der Waals surface area (Å²) in [5.74, 6) is -0.0135. The third kappa shape index (κ3) is 4.70. The Bertz CT molecular complexity index is 621. The molecule has 0 aliphatic heterocycles. The number of carbonyl (C=O) groups excluding carboxylic acids is 2. The molecule has 0 aromatic carbocycles. The summed E-state index contributed by atoms with van der Waals surface area (Å²) in [6.07, 6.45) is 4.70. The largest absolute Gasteiger partial charge is 0.351 e. The number of hydrogen-bond acceptors (Lipinski definition) is 4. The normalized spacial score (nSPS) is 10.5. The van der Waals surface area contributed by atoms with Crippen LogP contribution in [0.2, 0.25) is 0 Å². The molecule has 22 heavy (non-hydrogen) atoms. The third-order valence-electron chi connectivity index (χ3n) is 3.20. The first kappa shape index (κ1) is 16.2. The highest BCUT2D eigenvalue weighted by atomic mass is 32.1. The third-order valence-corrected chi connectivity index (χ3v) is 4.07. The molecule has 0 aliphatic carbocycles. The minimum absolute atomic E-state index is 0.0641. The molecule has 2 heterocycles. The van der Waals surface area contributed by atoms with Gasteiger partial charge in [0.05, 0.1) is 11.1 Å². The van der Waals surface area contributed by atoms with E-state index in [2.05, 4.69) is 10.4 Å². The van der Waals surface area contributed by atoms with Crippen LogP contribution in [0.3, 0.4) is 0 Å². The summed E-state index contributed by atoms with van der Waals surface area (Å²) in [5, 5.41) is 8.77. The lowest BCUT2D eigenvalue weighted by Gasteiger charge is -2.16. The van der Waals surface area contributed by atoms with Gasteiger partial charge in [0.2, 0.25) is 5.91 Å². The molecule has 0 fully saturated rings. The summed E-state index contributed by atoms with van der Waals surface area (Å²) in [4.78, 5) is 26.1.